The van der Waals surface area contributed by atoms with Crippen molar-refractivity contribution in [2.24, 2.45) is 23.2 Å². The zero-order valence-electron chi connectivity index (χ0n) is 16.0. The zero-order valence-corrected chi connectivity index (χ0v) is 16.0. The van der Waals surface area contributed by atoms with Crippen LogP contribution < -0.4 is 10.6 Å². The van der Waals surface area contributed by atoms with E-state index < -0.39 is 0 Å². The molecule has 1 aromatic rings. The monoisotopic (exact) mass is 366 g/mol. The lowest BCUT2D eigenvalue weighted by atomic mass is 9.49. The van der Waals surface area contributed by atoms with Gasteiger partial charge in [-0.1, -0.05) is 24.3 Å². The Morgan fingerprint density at radius 1 is 0.963 bits per heavy atom. The SMILES string of the molecule is O=C(CC12CC3CC(CC(C3)C1)C2)NCC(=O)NC1CCc2ccccc21. The first kappa shape index (κ1) is 17.3. The molecule has 2 N–H and O–H groups in total. The van der Waals surface area contributed by atoms with Crippen LogP contribution in [0.3, 0.4) is 0 Å². The number of carbonyl (C=O) groups excluding carboxylic acids is 2. The van der Waals surface area contributed by atoms with E-state index in [9.17, 15) is 9.59 Å². The van der Waals surface area contributed by atoms with Crippen molar-refractivity contribution < 1.29 is 9.59 Å². The smallest absolute Gasteiger partial charge is 0.239 e. The molecule has 6 rings (SSSR count). The van der Waals surface area contributed by atoms with Gasteiger partial charge in [0.1, 0.15) is 0 Å². The van der Waals surface area contributed by atoms with E-state index in [-0.39, 0.29) is 29.8 Å². The predicted molar refractivity (Wildman–Crippen MR) is 104 cm³/mol. The molecule has 4 bridgehead atoms. The Bertz CT molecular complexity index is 721. The number of hydrogen-bond donors (Lipinski definition) is 2. The minimum Gasteiger partial charge on any atom is -0.348 e. The van der Waals surface area contributed by atoms with Crippen LogP contribution in [0.4, 0.5) is 0 Å². The summed E-state index contributed by atoms with van der Waals surface area (Å²) in [7, 11) is 0. The highest BCUT2D eigenvalue weighted by Crippen LogP contribution is 2.61. The van der Waals surface area contributed by atoms with Crippen LogP contribution in [0.15, 0.2) is 24.3 Å². The summed E-state index contributed by atoms with van der Waals surface area (Å²) in [5, 5.41) is 6.00. The Labute approximate surface area is 161 Å². The number of hydrogen-bond acceptors (Lipinski definition) is 2. The fourth-order valence-electron chi connectivity index (χ4n) is 7.04. The van der Waals surface area contributed by atoms with Crippen LogP contribution in [0.5, 0.6) is 0 Å². The molecule has 1 atom stereocenters. The van der Waals surface area contributed by atoms with E-state index in [0.29, 0.717) is 6.42 Å². The second-order valence-electron chi connectivity index (χ2n) is 9.73. The number of rotatable bonds is 5. The molecule has 5 aliphatic rings. The Balaban J connectivity index is 1.12. The normalized spacial score (nSPS) is 35.7. The van der Waals surface area contributed by atoms with Crippen molar-refractivity contribution in [3.8, 4) is 0 Å². The van der Waals surface area contributed by atoms with Crippen molar-refractivity contribution in [3.05, 3.63) is 35.4 Å². The van der Waals surface area contributed by atoms with Gasteiger partial charge in [-0.05, 0) is 85.7 Å². The Morgan fingerprint density at radius 3 is 2.33 bits per heavy atom. The van der Waals surface area contributed by atoms with Gasteiger partial charge in [-0.3, -0.25) is 9.59 Å². The minimum absolute atomic E-state index is 0.0684. The number of nitrogens with one attached hydrogen (secondary N) is 2. The average Bonchev–Trinajstić information content (AvgIpc) is 3.01. The molecule has 27 heavy (non-hydrogen) atoms. The van der Waals surface area contributed by atoms with Crippen molar-refractivity contribution in [1.82, 2.24) is 10.6 Å². The second kappa shape index (κ2) is 6.65. The summed E-state index contributed by atoms with van der Waals surface area (Å²) in [6.07, 6.45) is 10.5. The van der Waals surface area contributed by atoms with Crippen LogP contribution >= 0.6 is 0 Å². The summed E-state index contributed by atoms with van der Waals surface area (Å²) in [6, 6.07) is 8.39. The molecule has 0 aliphatic heterocycles. The Hall–Kier alpha value is -1.84. The third-order valence-corrected chi connectivity index (χ3v) is 7.61. The molecule has 144 valence electrons. The van der Waals surface area contributed by atoms with E-state index in [2.05, 4.69) is 22.8 Å². The highest BCUT2D eigenvalue weighted by Gasteiger charge is 2.51. The van der Waals surface area contributed by atoms with Crippen molar-refractivity contribution >= 4 is 11.8 Å². The van der Waals surface area contributed by atoms with Gasteiger partial charge in [0, 0.05) is 6.42 Å². The fraction of sp³-hybridized carbons (Fsp3) is 0.652. The summed E-state index contributed by atoms with van der Waals surface area (Å²) in [4.78, 5) is 24.9. The molecule has 2 amide bonds. The summed E-state index contributed by atoms with van der Waals surface area (Å²) in [6.45, 7) is 0.101. The fourth-order valence-corrected chi connectivity index (χ4v) is 7.04. The van der Waals surface area contributed by atoms with Crippen molar-refractivity contribution in [3.63, 3.8) is 0 Å². The van der Waals surface area contributed by atoms with E-state index >= 15 is 0 Å². The first-order valence-corrected chi connectivity index (χ1v) is 10.7. The highest BCUT2D eigenvalue weighted by molar-refractivity contribution is 5.85. The van der Waals surface area contributed by atoms with Gasteiger partial charge in [0.15, 0.2) is 0 Å². The molecule has 0 spiro atoms. The van der Waals surface area contributed by atoms with Gasteiger partial charge in [0.2, 0.25) is 11.8 Å². The average molecular weight is 367 g/mol. The summed E-state index contributed by atoms with van der Waals surface area (Å²) < 4.78 is 0. The first-order valence-electron chi connectivity index (χ1n) is 10.7. The first-order chi connectivity index (χ1) is 13.1. The molecule has 0 heterocycles. The molecule has 1 unspecified atom stereocenters. The van der Waals surface area contributed by atoms with Crippen molar-refractivity contribution in [2.45, 2.75) is 63.8 Å². The van der Waals surface area contributed by atoms with Crippen LogP contribution in [-0.4, -0.2) is 18.4 Å². The quantitative estimate of drug-likeness (QED) is 0.838. The minimum atomic E-state index is -0.0736. The maximum Gasteiger partial charge on any atom is 0.239 e. The van der Waals surface area contributed by atoms with Crippen LogP contribution in [0, 0.1) is 23.2 Å². The van der Waals surface area contributed by atoms with Crippen LogP contribution in [-0.2, 0) is 16.0 Å². The number of benzene rings is 1. The van der Waals surface area contributed by atoms with Gasteiger partial charge in [-0.2, -0.15) is 0 Å². The molecule has 4 fully saturated rings. The van der Waals surface area contributed by atoms with E-state index in [0.717, 1.165) is 30.6 Å². The van der Waals surface area contributed by atoms with Crippen LogP contribution in [0.2, 0.25) is 0 Å². The molecule has 5 aliphatic carbocycles. The van der Waals surface area contributed by atoms with E-state index in [1.807, 2.05) is 12.1 Å². The lowest BCUT2D eigenvalue weighted by molar-refractivity contribution is -0.132. The Kier molecular flexibility index (Phi) is 4.25. The number of fused-ring (bicyclic) bond motifs is 1. The molecule has 1 aromatic carbocycles. The maximum atomic E-state index is 12.6. The largest absolute Gasteiger partial charge is 0.348 e. The van der Waals surface area contributed by atoms with E-state index in [1.54, 1.807) is 0 Å². The number of amides is 2. The molecular formula is C23H30N2O2. The van der Waals surface area contributed by atoms with Crippen molar-refractivity contribution in [2.75, 3.05) is 6.54 Å². The summed E-state index contributed by atoms with van der Waals surface area (Å²) in [5.41, 5.74) is 2.79. The molecular weight excluding hydrogens is 336 g/mol. The van der Waals surface area contributed by atoms with Gasteiger partial charge in [0.05, 0.1) is 12.6 Å². The summed E-state index contributed by atoms with van der Waals surface area (Å²) in [5.74, 6) is 2.56. The number of carbonyl (C=O) groups is 2. The molecule has 0 aromatic heterocycles. The van der Waals surface area contributed by atoms with E-state index in [1.165, 1.54) is 49.7 Å². The third-order valence-electron chi connectivity index (χ3n) is 7.61. The highest BCUT2D eigenvalue weighted by atomic mass is 16.2. The van der Waals surface area contributed by atoms with Crippen LogP contribution in [0.25, 0.3) is 0 Å². The van der Waals surface area contributed by atoms with Crippen molar-refractivity contribution in [1.29, 1.82) is 0 Å². The molecule has 4 saturated carbocycles. The molecule has 0 radical (unpaired) electrons. The van der Waals surface area contributed by atoms with E-state index in [4.69, 9.17) is 0 Å². The van der Waals surface area contributed by atoms with Gasteiger partial charge >= 0.3 is 0 Å². The maximum absolute atomic E-state index is 12.6. The van der Waals surface area contributed by atoms with Gasteiger partial charge in [-0.15, -0.1) is 0 Å². The molecule has 4 heteroatoms. The van der Waals surface area contributed by atoms with Crippen LogP contribution in [0.1, 0.15) is 68.5 Å². The molecule has 4 nitrogen and oxygen atoms in total. The summed E-state index contributed by atoms with van der Waals surface area (Å²) >= 11 is 0. The predicted octanol–water partition coefficient (Wildman–Crippen LogP) is 3.51. The van der Waals surface area contributed by atoms with Gasteiger partial charge in [-0.25, -0.2) is 0 Å². The molecule has 0 saturated heterocycles. The lowest BCUT2D eigenvalue weighted by Crippen LogP contribution is -2.48. The van der Waals surface area contributed by atoms with Gasteiger partial charge < -0.3 is 10.6 Å². The Morgan fingerprint density at radius 2 is 1.63 bits per heavy atom. The number of aryl methyl sites for hydroxylation is 1. The lowest BCUT2D eigenvalue weighted by Gasteiger charge is -2.56. The van der Waals surface area contributed by atoms with Gasteiger partial charge in [0.25, 0.3) is 0 Å². The third kappa shape index (κ3) is 3.39. The topological polar surface area (TPSA) is 58.2 Å². The second-order valence-corrected chi connectivity index (χ2v) is 9.73. The standard InChI is InChI=1S/C23H30N2O2/c26-21(13-23-10-15-7-16(11-23)9-17(8-15)12-23)24-14-22(27)25-20-6-5-18-3-1-2-4-19(18)20/h1-4,15-17,20H,5-14H2,(H,24,26)(H,25,27). The zero-order chi connectivity index (χ0) is 18.4.